The fraction of sp³-hybridized carbons (Fsp3) is 0.333. The summed E-state index contributed by atoms with van der Waals surface area (Å²) in [4.78, 5) is 9.05. The molecule has 3 aromatic rings. The van der Waals surface area contributed by atoms with Crippen molar-refractivity contribution in [3.8, 4) is 0 Å². The van der Waals surface area contributed by atoms with Crippen LogP contribution in [-0.2, 0) is 19.4 Å². The predicted octanol–water partition coefficient (Wildman–Crippen LogP) is 3.83. The van der Waals surface area contributed by atoms with Gasteiger partial charge in [-0.2, -0.15) is 0 Å². The third kappa shape index (κ3) is 2.72. The lowest BCUT2D eigenvalue weighted by Gasteiger charge is -2.07. The molecule has 0 aliphatic heterocycles. The van der Waals surface area contributed by atoms with Crippen LogP contribution in [-0.4, -0.2) is 20.4 Å². The van der Waals surface area contributed by atoms with Gasteiger partial charge >= 0.3 is 0 Å². The molecule has 0 aliphatic carbocycles. The van der Waals surface area contributed by atoms with Crippen molar-refractivity contribution in [1.29, 1.82) is 0 Å². The Kier molecular flexibility index (Phi) is 4.03. The quantitative estimate of drug-likeness (QED) is 0.671. The molecule has 3 nitrogen and oxygen atoms in total. The van der Waals surface area contributed by atoms with Crippen LogP contribution in [0.5, 0.6) is 0 Å². The summed E-state index contributed by atoms with van der Waals surface area (Å²) in [5, 5.41) is 3.18. The van der Waals surface area contributed by atoms with Crippen molar-refractivity contribution < 1.29 is 0 Å². The van der Waals surface area contributed by atoms with Crippen LogP contribution in [0.1, 0.15) is 16.4 Å². The van der Waals surface area contributed by atoms with Gasteiger partial charge in [-0.1, -0.05) is 6.07 Å². The number of hydrogen-bond donors (Lipinski definition) is 0. The Morgan fingerprint density at radius 3 is 2.95 bits per heavy atom. The largest absolute Gasteiger partial charge is 0.328 e. The summed E-state index contributed by atoms with van der Waals surface area (Å²) in [7, 11) is 0. The molecule has 0 bridgehead atoms. The van der Waals surface area contributed by atoms with Gasteiger partial charge < -0.3 is 4.57 Å². The highest BCUT2D eigenvalue weighted by atomic mass is 35.5. The molecule has 0 spiro atoms. The molecular formula is C15H16ClN3S. The van der Waals surface area contributed by atoms with Crippen LogP contribution in [0.15, 0.2) is 29.8 Å². The summed E-state index contributed by atoms with van der Waals surface area (Å²) in [5.74, 6) is 1.66. The highest BCUT2D eigenvalue weighted by Crippen LogP contribution is 2.19. The number of aryl methyl sites for hydroxylation is 4. The van der Waals surface area contributed by atoms with Crippen LogP contribution >= 0.6 is 22.9 Å². The summed E-state index contributed by atoms with van der Waals surface area (Å²) in [6.07, 6.45) is 3.59. The minimum absolute atomic E-state index is 0.597. The maximum atomic E-state index is 5.90. The number of alkyl halides is 1. The summed E-state index contributed by atoms with van der Waals surface area (Å²) in [5.41, 5.74) is 3.50. The van der Waals surface area contributed by atoms with Gasteiger partial charge in [0.15, 0.2) is 0 Å². The van der Waals surface area contributed by atoms with Crippen molar-refractivity contribution in [2.24, 2.45) is 0 Å². The third-order valence-corrected chi connectivity index (χ3v) is 4.36. The number of thiazole rings is 1. The number of rotatable bonds is 5. The van der Waals surface area contributed by atoms with E-state index in [-0.39, 0.29) is 0 Å². The lowest BCUT2D eigenvalue weighted by atomic mass is 10.2. The van der Waals surface area contributed by atoms with E-state index in [1.165, 1.54) is 11.1 Å². The first-order valence-electron chi connectivity index (χ1n) is 6.68. The molecule has 3 rings (SSSR count). The Bertz CT molecular complexity index is 703. The fourth-order valence-corrected chi connectivity index (χ4v) is 3.17. The molecule has 0 amide bonds. The van der Waals surface area contributed by atoms with Gasteiger partial charge in [0.05, 0.1) is 16.0 Å². The van der Waals surface area contributed by atoms with Crippen molar-refractivity contribution in [1.82, 2.24) is 14.5 Å². The molecule has 0 radical (unpaired) electrons. The molecule has 1 aromatic carbocycles. The Morgan fingerprint density at radius 1 is 1.30 bits per heavy atom. The van der Waals surface area contributed by atoms with Gasteiger partial charge in [-0.3, -0.25) is 0 Å². The SMILES string of the molecule is Cc1ccc2nc(CCCl)n(CCc3nccs3)c2c1. The highest BCUT2D eigenvalue weighted by molar-refractivity contribution is 7.09. The van der Waals surface area contributed by atoms with Gasteiger partial charge in [-0.15, -0.1) is 22.9 Å². The first-order chi connectivity index (χ1) is 9.78. The molecule has 0 unspecified atom stereocenters. The zero-order valence-electron chi connectivity index (χ0n) is 11.3. The minimum Gasteiger partial charge on any atom is -0.328 e. The molecule has 0 saturated heterocycles. The Morgan fingerprint density at radius 2 is 2.20 bits per heavy atom. The van der Waals surface area contributed by atoms with Crippen molar-refractivity contribution in [3.63, 3.8) is 0 Å². The predicted molar refractivity (Wildman–Crippen MR) is 84.7 cm³/mol. The van der Waals surface area contributed by atoms with E-state index < -0.39 is 0 Å². The van der Waals surface area contributed by atoms with E-state index in [4.69, 9.17) is 16.6 Å². The number of nitrogens with zero attached hydrogens (tertiary/aromatic N) is 3. The molecule has 104 valence electrons. The molecule has 2 aromatic heterocycles. The van der Waals surface area contributed by atoms with Gasteiger partial charge in [-0.05, 0) is 24.6 Å². The number of imidazole rings is 1. The normalized spacial score (nSPS) is 11.3. The number of aromatic nitrogens is 3. The first-order valence-corrected chi connectivity index (χ1v) is 8.09. The molecule has 20 heavy (non-hydrogen) atoms. The Balaban J connectivity index is 1.96. The number of fused-ring (bicyclic) bond motifs is 1. The van der Waals surface area contributed by atoms with E-state index >= 15 is 0 Å². The van der Waals surface area contributed by atoms with Gasteiger partial charge in [0.1, 0.15) is 5.82 Å². The molecule has 0 atom stereocenters. The Labute approximate surface area is 127 Å². The molecule has 0 saturated carbocycles. The average Bonchev–Trinajstić information content (AvgIpc) is 3.04. The van der Waals surface area contributed by atoms with E-state index in [1.807, 2.05) is 11.6 Å². The lowest BCUT2D eigenvalue weighted by molar-refractivity contribution is 0.673. The number of hydrogen-bond acceptors (Lipinski definition) is 3. The van der Waals surface area contributed by atoms with Gasteiger partial charge in [0, 0.05) is 36.8 Å². The van der Waals surface area contributed by atoms with Crippen LogP contribution in [0.3, 0.4) is 0 Å². The van der Waals surface area contributed by atoms with Crippen LogP contribution in [0.25, 0.3) is 11.0 Å². The summed E-state index contributed by atoms with van der Waals surface area (Å²) in [6.45, 7) is 3.01. The van der Waals surface area contributed by atoms with Gasteiger partial charge in [0.25, 0.3) is 0 Å². The topological polar surface area (TPSA) is 30.7 Å². The average molecular weight is 306 g/mol. The fourth-order valence-electron chi connectivity index (χ4n) is 2.39. The summed E-state index contributed by atoms with van der Waals surface area (Å²) in [6, 6.07) is 6.38. The standard InChI is InChI=1S/C15H16ClN3S/c1-11-2-3-12-13(10-11)19(14(18-12)4-6-16)8-5-15-17-7-9-20-15/h2-3,7,9-10H,4-6,8H2,1H3. The van der Waals surface area contributed by atoms with Gasteiger partial charge in [-0.25, -0.2) is 9.97 Å². The minimum atomic E-state index is 0.597. The molecule has 0 fully saturated rings. The van der Waals surface area contributed by atoms with Crippen molar-refractivity contribution in [2.75, 3.05) is 5.88 Å². The lowest BCUT2D eigenvalue weighted by Crippen LogP contribution is -2.07. The van der Waals surface area contributed by atoms with Crippen molar-refractivity contribution in [3.05, 3.63) is 46.2 Å². The Hall–Kier alpha value is -1.39. The van der Waals surface area contributed by atoms with Crippen molar-refractivity contribution in [2.45, 2.75) is 26.3 Å². The maximum Gasteiger partial charge on any atom is 0.111 e. The van der Waals surface area contributed by atoms with Gasteiger partial charge in [0.2, 0.25) is 0 Å². The zero-order chi connectivity index (χ0) is 13.9. The molecular weight excluding hydrogens is 290 g/mol. The van der Waals surface area contributed by atoms with Crippen LogP contribution in [0, 0.1) is 6.92 Å². The van der Waals surface area contributed by atoms with E-state index in [1.54, 1.807) is 11.3 Å². The zero-order valence-corrected chi connectivity index (χ0v) is 12.9. The number of halogens is 1. The monoisotopic (exact) mass is 305 g/mol. The second kappa shape index (κ2) is 5.94. The van der Waals surface area contributed by atoms with Crippen LogP contribution < -0.4 is 0 Å². The third-order valence-electron chi connectivity index (χ3n) is 3.33. The summed E-state index contributed by atoms with van der Waals surface area (Å²) >= 11 is 7.60. The molecule has 0 N–H and O–H groups in total. The first kappa shape index (κ1) is 13.6. The summed E-state index contributed by atoms with van der Waals surface area (Å²) < 4.78 is 2.28. The molecule has 0 aliphatic rings. The second-order valence-electron chi connectivity index (χ2n) is 4.79. The van der Waals surface area contributed by atoms with E-state index in [0.29, 0.717) is 5.88 Å². The van der Waals surface area contributed by atoms with E-state index in [0.717, 1.165) is 35.7 Å². The smallest absolute Gasteiger partial charge is 0.111 e. The number of benzene rings is 1. The van der Waals surface area contributed by atoms with E-state index in [9.17, 15) is 0 Å². The van der Waals surface area contributed by atoms with Crippen LogP contribution in [0.2, 0.25) is 0 Å². The van der Waals surface area contributed by atoms with Crippen molar-refractivity contribution >= 4 is 34.0 Å². The maximum absolute atomic E-state index is 5.90. The molecule has 2 heterocycles. The van der Waals surface area contributed by atoms with E-state index in [2.05, 4.69) is 34.7 Å². The highest BCUT2D eigenvalue weighted by Gasteiger charge is 2.11. The second-order valence-corrected chi connectivity index (χ2v) is 6.14. The van der Waals surface area contributed by atoms with Crippen LogP contribution in [0.4, 0.5) is 0 Å². The molecule has 5 heteroatoms.